The smallest absolute Gasteiger partial charge is 0.234 e. The summed E-state index contributed by atoms with van der Waals surface area (Å²) in [4.78, 5) is 40.4. The van der Waals surface area contributed by atoms with Crippen LogP contribution in [0.3, 0.4) is 0 Å². The van der Waals surface area contributed by atoms with Gasteiger partial charge in [-0.3, -0.25) is 14.4 Å². The number of anilines is 1. The number of carbonyl (C=O) groups excluding carboxylic acids is 3. The zero-order valence-electron chi connectivity index (χ0n) is 16.0. The number of benzene rings is 1. The Morgan fingerprint density at radius 1 is 1.12 bits per heavy atom. The van der Waals surface area contributed by atoms with Crippen LogP contribution in [0.15, 0.2) is 18.2 Å². The fourth-order valence-electron chi connectivity index (χ4n) is 3.56. The van der Waals surface area contributed by atoms with Crippen LogP contribution < -0.4 is 5.32 Å². The summed E-state index contributed by atoms with van der Waals surface area (Å²) in [6, 6.07) is 5.74. The molecule has 140 valence electrons. The van der Waals surface area contributed by atoms with Crippen LogP contribution >= 0.6 is 0 Å². The predicted molar refractivity (Wildman–Crippen MR) is 99.8 cm³/mol. The summed E-state index contributed by atoms with van der Waals surface area (Å²) < 4.78 is 0. The molecule has 0 aromatic heterocycles. The number of hydrogen-bond acceptors (Lipinski definition) is 3. The summed E-state index contributed by atoms with van der Waals surface area (Å²) in [6.45, 7) is 9.93. The van der Waals surface area contributed by atoms with Gasteiger partial charge in [0.2, 0.25) is 17.7 Å². The Kier molecular flexibility index (Phi) is 4.78. The van der Waals surface area contributed by atoms with E-state index in [4.69, 9.17) is 0 Å². The van der Waals surface area contributed by atoms with Crippen LogP contribution in [0.2, 0.25) is 0 Å². The first kappa shape index (κ1) is 18.4. The Labute approximate surface area is 154 Å². The lowest BCUT2D eigenvalue weighted by atomic mass is 9.85. The zero-order chi connectivity index (χ0) is 19.1. The van der Waals surface area contributed by atoms with Crippen LogP contribution in [0.5, 0.6) is 0 Å². The van der Waals surface area contributed by atoms with Crippen molar-refractivity contribution in [3.8, 4) is 0 Å². The van der Waals surface area contributed by atoms with Gasteiger partial charge in [0, 0.05) is 37.8 Å². The van der Waals surface area contributed by atoms with E-state index in [0.717, 1.165) is 16.8 Å². The van der Waals surface area contributed by atoms with Gasteiger partial charge < -0.3 is 15.1 Å². The number of fused-ring (bicyclic) bond motifs is 1. The van der Waals surface area contributed by atoms with Crippen LogP contribution in [0.4, 0.5) is 5.69 Å². The van der Waals surface area contributed by atoms with Crippen molar-refractivity contribution >= 4 is 23.4 Å². The first-order valence-corrected chi connectivity index (χ1v) is 9.21. The summed E-state index contributed by atoms with van der Waals surface area (Å²) >= 11 is 0. The van der Waals surface area contributed by atoms with Gasteiger partial charge in [0.05, 0.1) is 11.8 Å². The fraction of sp³-hybridized carbons (Fsp3) is 0.550. The van der Waals surface area contributed by atoms with E-state index in [1.807, 2.05) is 55.7 Å². The molecule has 6 heteroatoms. The van der Waals surface area contributed by atoms with Crippen molar-refractivity contribution in [1.82, 2.24) is 9.80 Å². The minimum absolute atomic E-state index is 0.0108. The van der Waals surface area contributed by atoms with Crippen molar-refractivity contribution in [3.63, 3.8) is 0 Å². The Morgan fingerprint density at radius 2 is 1.73 bits per heavy atom. The molecule has 1 aromatic carbocycles. The molecule has 2 aliphatic rings. The third kappa shape index (κ3) is 3.32. The predicted octanol–water partition coefficient (Wildman–Crippen LogP) is 1.79. The lowest BCUT2D eigenvalue weighted by Gasteiger charge is -2.35. The molecule has 6 nitrogen and oxygen atoms in total. The minimum atomic E-state index is -0.572. The molecule has 1 aromatic rings. The average molecular weight is 357 g/mol. The molecule has 26 heavy (non-hydrogen) atoms. The van der Waals surface area contributed by atoms with Crippen LogP contribution in [-0.2, 0) is 26.2 Å². The van der Waals surface area contributed by atoms with Crippen molar-refractivity contribution < 1.29 is 14.4 Å². The third-order valence-corrected chi connectivity index (χ3v) is 5.37. The summed E-state index contributed by atoms with van der Waals surface area (Å²) in [5.41, 5.74) is 2.12. The van der Waals surface area contributed by atoms with E-state index in [1.165, 1.54) is 0 Å². The second kappa shape index (κ2) is 6.74. The SMILES string of the molecule is CC(C)C(=O)N1CCN(C(=O)Cc2ccc3c(c2)C(C)(C)C(=O)N3)CC1. The van der Waals surface area contributed by atoms with Gasteiger partial charge >= 0.3 is 0 Å². The van der Waals surface area contributed by atoms with Gasteiger partial charge in [-0.15, -0.1) is 0 Å². The number of rotatable bonds is 3. The molecule has 3 amide bonds. The molecule has 0 bridgehead atoms. The van der Waals surface area contributed by atoms with E-state index >= 15 is 0 Å². The molecule has 0 spiro atoms. The van der Waals surface area contributed by atoms with Gasteiger partial charge in [-0.1, -0.05) is 26.0 Å². The fourth-order valence-corrected chi connectivity index (χ4v) is 3.56. The quantitative estimate of drug-likeness (QED) is 0.897. The van der Waals surface area contributed by atoms with E-state index in [0.29, 0.717) is 32.6 Å². The number of hydrogen-bond donors (Lipinski definition) is 1. The molecule has 0 aliphatic carbocycles. The minimum Gasteiger partial charge on any atom is -0.339 e. The monoisotopic (exact) mass is 357 g/mol. The summed E-state index contributed by atoms with van der Waals surface area (Å²) in [7, 11) is 0. The van der Waals surface area contributed by atoms with E-state index in [-0.39, 0.29) is 23.6 Å². The molecule has 0 atom stereocenters. The van der Waals surface area contributed by atoms with Crippen molar-refractivity contribution in [1.29, 1.82) is 0 Å². The average Bonchev–Trinajstić information content (AvgIpc) is 2.83. The van der Waals surface area contributed by atoms with Gasteiger partial charge in [0.25, 0.3) is 0 Å². The molecule has 1 fully saturated rings. The number of nitrogens with one attached hydrogen (secondary N) is 1. The molecule has 3 rings (SSSR count). The highest BCUT2D eigenvalue weighted by Crippen LogP contribution is 2.37. The van der Waals surface area contributed by atoms with Crippen LogP contribution in [0, 0.1) is 5.92 Å². The topological polar surface area (TPSA) is 69.7 Å². The lowest BCUT2D eigenvalue weighted by Crippen LogP contribution is -2.51. The van der Waals surface area contributed by atoms with E-state index < -0.39 is 5.41 Å². The number of piperazine rings is 1. The highest BCUT2D eigenvalue weighted by atomic mass is 16.2. The van der Waals surface area contributed by atoms with Crippen LogP contribution in [-0.4, -0.2) is 53.7 Å². The number of amides is 3. The van der Waals surface area contributed by atoms with Gasteiger partial charge in [0.15, 0.2) is 0 Å². The highest BCUT2D eigenvalue weighted by Gasteiger charge is 2.38. The molecule has 0 radical (unpaired) electrons. The maximum Gasteiger partial charge on any atom is 0.234 e. The van der Waals surface area contributed by atoms with E-state index in [9.17, 15) is 14.4 Å². The number of carbonyl (C=O) groups is 3. The molecular formula is C20H27N3O3. The van der Waals surface area contributed by atoms with Crippen molar-refractivity contribution in [3.05, 3.63) is 29.3 Å². The molecular weight excluding hydrogens is 330 g/mol. The normalized spacial score (nSPS) is 18.7. The summed E-state index contributed by atoms with van der Waals surface area (Å²) in [5.74, 6) is 0.192. The Hall–Kier alpha value is -2.37. The third-order valence-electron chi connectivity index (χ3n) is 5.37. The first-order chi connectivity index (χ1) is 12.2. The van der Waals surface area contributed by atoms with Crippen molar-refractivity contribution in [2.45, 2.75) is 39.5 Å². The van der Waals surface area contributed by atoms with Crippen LogP contribution in [0.25, 0.3) is 0 Å². The van der Waals surface area contributed by atoms with Gasteiger partial charge in [-0.2, -0.15) is 0 Å². The second-order valence-corrected chi connectivity index (χ2v) is 8.00. The molecule has 2 aliphatic heterocycles. The maximum atomic E-state index is 12.6. The van der Waals surface area contributed by atoms with Gasteiger partial charge in [0.1, 0.15) is 0 Å². The maximum absolute atomic E-state index is 12.6. The van der Waals surface area contributed by atoms with E-state index in [2.05, 4.69) is 5.32 Å². The molecule has 0 saturated carbocycles. The molecule has 2 heterocycles. The summed E-state index contributed by atoms with van der Waals surface area (Å²) in [6.07, 6.45) is 0.315. The van der Waals surface area contributed by atoms with Crippen LogP contribution in [0.1, 0.15) is 38.8 Å². The lowest BCUT2D eigenvalue weighted by molar-refractivity contribution is -0.141. The van der Waals surface area contributed by atoms with Gasteiger partial charge in [-0.05, 0) is 31.0 Å². The molecule has 1 saturated heterocycles. The first-order valence-electron chi connectivity index (χ1n) is 9.21. The Balaban J connectivity index is 1.63. The van der Waals surface area contributed by atoms with Crippen molar-refractivity contribution in [2.24, 2.45) is 5.92 Å². The largest absolute Gasteiger partial charge is 0.339 e. The standard InChI is InChI=1S/C20H27N3O3/c1-13(2)18(25)23-9-7-22(8-10-23)17(24)12-14-5-6-16-15(11-14)20(3,4)19(26)21-16/h5-6,11,13H,7-10,12H2,1-4H3,(H,21,26). The van der Waals surface area contributed by atoms with Crippen molar-refractivity contribution in [2.75, 3.05) is 31.5 Å². The molecule has 1 N–H and O–H groups in total. The second-order valence-electron chi connectivity index (χ2n) is 8.00. The zero-order valence-corrected chi connectivity index (χ0v) is 16.0. The molecule has 0 unspecified atom stereocenters. The summed E-state index contributed by atoms with van der Waals surface area (Å²) in [5, 5.41) is 2.88. The Bertz CT molecular complexity index is 747. The Morgan fingerprint density at radius 3 is 2.35 bits per heavy atom. The number of nitrogens with zero attached hydrogens (tertiary/aromatic N) is 2. The highest BCUT2D eigenvalue weighted by molar-refractivity contribution is 6.05. The van der Waals surface area contributed by atoms with E-state index in [1.54, 1.807) is 0 Å². The van der Waals surface area contributed by atoms with Gasteiger partial charge in [-0.25, -0.2) is 0 Å².